The third-order valence-electron chi connectivity index (χ3n) is 2.83. The summed E-state index contributed by atoms with van der Waals surface area (Å²) in [5.74, 6) is -0.665. The number of carboxylic acids is 1. The van der Waals surface area contributed by atoms with Crippen LogP contribution >= 0.6 is 11.3 Å². The number of carbonyl (C=O) groups is 1. The van der Waals surface area contributed by atoms with Gasteiger partial charge in [-0.3, -0.25) is 0 Å². The fraction of sp³-hybridized carbons (Fsp3) is 0.250. The smallest absolute Gasteiger partial charge is 0.352 e. The van der Waals surface area contributed by atoms with Gasteiger partial charge in [0.1, 0.15) is 11.7 Å². The zero-order valence-corrected chi connectivity index (χ0v) is 11.4. The summed E-state index contributed by atoms with van der Waals surface area (Å²) in [4.78, 5) is 15.3. The van der Waals surface area contributed by atoms with Gasteiger partial charge in [0.2, 0.25) is 5.95 Å². The van der Waals surface area contributed by atoms with E-state index in [0.29, 0.717) is 12.6 Å². The van der Waals surface area contributed by atoms with E-state index in [0.717, 1.165) is 5.56 Å². The molecule has 3 heterocycles. The van der Waals surface area contributed by atoms with Gasteiger partial charge < -0.3 is 15.2 Å². The van der Waals surface area contributed by atoms with Gasteiger partial charge in [-0.25, -0.2) is 9.48 Å². The molecule has 0 bridgehead atoms. The SMILES string of the molecule is CCOc1nc2n(n1)C(c1ccsc1)C=C(C(=O)O)N2. The first kappa shape index (κ1) is 12.7. The molecule has 0 radical (unpaired) electrons. The van der Waals surface area contributed by atoms with Crippen LogP contribution in [0.2, 0.25) is 0 Å². The Hall–Kier alpha value is -2.35. The van der Waals surface area contributed by atoms with Crippen LogP contribution in [0, 0.1) is 0 Å². The van der Waals surface area contributed by atoms with E-state index in [4.69, 9.17) is 4.74 Å². The van der Waals surface area contributed by atoms with E-state index in [2.05, 4.69) is 15.4 Å². The van der Waals surface area contributed by atoms with Crippen molar-refractivity contribution in [3.63, 3.8) is 0 Å². The third kappa shape index (κ3) is 2.14. The Kier molecular flexibility index (Phi) is 3.15. The van der Waals surface area contributed by atoms with Crippen molar-refractivity contribution in [3.8, 4) is 6.01 Å². The number of hydrogen-bond acceptors (Lipinski definition) is 6. The van der Waals surface area contributed by atoms with Crippen LogP contribution in [0.1, 0.15) is 18.5 Å². The second-order valence-electron chi connectivity index (χ2n) is 4.11. The molecule has 2 aromatic heterocycles. The Morgan fingerprint density at radius 2 is 2.50 bits per heavy atom. The lowest BCUT2D eigenvalue weighted by molar-refractivity contribution is -0.132. The second-order valence-corrected chi connectivity index (χ2v) is 4.89. The number of nitrogens with one attached hydrogen (secondary N) is 1. The summed E-state index contributed by atoms with van der Waals surface area (Å²) >= 11 is 1.54. The highest BCUT2D eigenvalue weighted by molar-refractivity contribution is 7.08. The van der Waals surface area contributed by atoms with E-state index < -0.39 is 5.97 Å². The monoisotopic (exact) mass is 292 g/mol. The molecular weight excluding hydrogens is 280 g/mol. The van der Waals surface area contributed by atoms with Gasteiger partial charge in [-0.1, -0.05) is 0 Å². The number of hydrogen-bond donors (Lipinski definition) is 2. The molecule has 8 heteroatoms. The molecule has 1 unspecified atom stereocenters. The minimum atomic E-state index is -1.03. The van der Waals surface area contributed by atoms with Gasteiger partial charge >= 0.3 is 12.0 Å². The number of aliphatic carboxylic acids is 1. The number of fused-ring (bicyclic) bond motifs is 1. The number of allylic oxidation sites excluding steroid dienone is 1. The normalized spacial score (nSPS) is 17.1. The topological polar surface area (TPSA) is 89.3 Å². The fourth-order valence-corrected chi connectivity index (χ4v) is 2.66. The van der Waals surface area contributed by atoms with Gasteiger partial charge in [-0.15, -0.1) is 5.10 Å². The third-order valence-corrected chi connectivity index (χ3v) is 3.54. The molecular formula is C12H12N4O3S. The van der Waals surface area contributed by atoms with Gasteiger partial charge in [0.15, 0.2) is 0 Å². The maximum absolute atomic E-state index is 11.2. The first-order chi connectivity index (χ1) is 9.69. The summed E-state index contributed by atoms with van der Waals surface area (Å²) in [6.45, 7) is 2.29. The van der Waals surface area contributed by atoms with Gasteiger partial charge in [-0.05, 0) is 35.4 Å². The van der Waals surface area contributed by atoms with Gasteiger partial charge in [0, 0.05) is 0 Å². The molecule has 2 aromatic rings. The minimum absolute atomic E-state index is 0.0872. The molecule has 0 aliphatic carbocycles. The maximum Gasteiger partial charge on any atom is 0.352 e. The van der Waals surface area contributed by atoms with E-state index in [9.17, 15) is 9.90 Å². The molecule has 3 rings (SSSR count). The van der Waals surface area contributed by atoms with Crippen LogP contribution in [0.5, 0.6) is 6.01 Å². The lowest BCUT2D eigenvalue weighted by Crippen LogP contribution is -2.24. The first-order valence-electron chi connectivity index (χ1n) is 6.02. The summed E-state index contributed by atoms with van der Waals surface area (Å²) in [7, 11) is 0. The lowest BCUT2D eigenvalue weighted by atomic mass is 10.1. The first-order valence-corrected chi connectivity index (χ1v) is 6.97. The van der Waals surface area contributed by atoms with Crippen LogP contribution in [-0.2, 0) is 4.79 Å². The molecule has 0 saturated heterocycles. The van der Waals surface area contributed by atoms with Crippen molar-refractivity contribution < 1.29 is 14.6 Å². The average Bonchev–Trinajstić information content (AvgIpc) is 3.06. The van der Waals surface area contributed by atoms with E-state index in [-0.39, 0.29) is 17.7 Å². The maximum atomic E-state index is 11.2. The lowest BCUT2D eigenvalue weighted by Gasteiger charge is -2.21. The summed E-state index contributed by atoms with van der Waals surface area (Å²) < 4.78 is 6.89. The van der Waals surface area contributed by atoms with E-state index >= 15 is 0 Å². The highest BCUT2D eigenvalue weighted by Crippen LogP contribution is 2.31. The van der Waals surface area contributed by atoms with Crippen molar-refractivity contribution in [1.82, 2.24) is 14.8 Å². The molecule has 7 nitrogen and oxygen atoms in total. The Morgan fingerprint density at radius 3 is 3.15 bits per heavy atom. The zero-order valence-electron chi connectivity index (χ0n) is 10.6. The molecule has 20 heavy (non-hydrogen) atoms. The number of thiophene rings is 1. The minimum Gasteiger partial charge on any atom is -0.477 e. The summed E-state index contributed by atoms with van der Waals surface area (Å²) in [5, 5.41) is 20.1. The fourth-order valence-electron chi connectivity index (χ4n) is 1.97. The molecule has 0 aromatic carbocycles. The molecule has 104 valence electrons. The van der Waals surface area contributed by atoms with Crippen molar-refractivity contribution >= 4 is 23.3 Å². The molecule has 1 aliphatic heterocycles. The molecule has 1 atom stereocenters. The zero-order chi connectivity index (χ0) is 14.1. The molecule has 0 amide bonds. The second kappa shape index (κ2) is 4.97. The van der Waals surface area contributed by atoms with E-state index in [1.54, 1.807) is 22.1 Å². The van der Waals surface area contributed by atoms with Gasteiger partial charge in [-0.2, -0.15) is 16.3 Å². The molecule has 2 N–H and O–H groups in total. The van der Waals surface area contributed by atoms with Crippen LogP contribution in [0.4, 0.5) is 5.95 Å². The standard InChI is InChI=1S/C12H12N4O3S/c1-2-19-12-14-11-13-8(10(17)18)5-9(16(11)15-12)7-3-4-20-6-7/h3-6,9H,2H2,1H3,(H,17,18)(H,13,14,15). The van der Waals surface area contributed by atoms with Crippen molar-refractivity contribution in [1.29, 1.82) is 0 Å². The van der Waals surface area contributed by atoms with Gasteiger partial charge in [0.25, 0.3) is 0 Å². The van der Waals surface area contributed by atoms with Crippen molar-refractivity contribution in [2.24, 2.45) is 0 Å². The average molecular weight is 292 g/mol. The Labute approximate surface area is 118 Å². The Bertz CT molecular complexity index is 662. The Morgan fingerprint density at radius 1 is 1.65 bits per heavy atom. The number of carboxylic acid groups (broad SMARTS) is 1. The van der Waals surface area contributed by atoms with Crippen LogP contribution in [0.3, 0.4) is 0 Å². The molecule has 0 spiro atoms. The van der Waals surface area contributed by atoms with Crippen molar-refractivity contribution in [2.75, 3.05) is 11.9 Å². The Balaban J connectivity index is 2.05. The highest BCUT2D eigenvalue weighted by Gasteiger charge is 2.27. The summed E-state index contributed by atoms with van der Waals surface area (Å²) in [6, 6.07) is 1.86. The highest BCUT2D eigenvalue weighted by atomic mass is 32.1. The molecule has 0 saturated carbocycles. The quantitative estimate of drug-likeness (QED) is 0.892. The number of aromatic nitrogens is 3. The number of rotatable bonds is 4. The van der Waals surface area contributed by atoms with E-state index in [1.165, 1.54) is 0 Å². The molecule has 0 fully saturated rings. The summed E-state index contributed by atoms with van der Waals surface area (Å²) in [5.41, 5.74) is 1.05. The number of ether oxygens (including phenoxy) is 1. The van der Waals surface area contributed by atoms with Crippen LogP contribution in [0.15, 0.2) is 28.6 Å². The van der Waals surface area contributed by atoms with Crippen molar-refractivity contribution in [2.45, 2.75) is 13.0 Å². The van der Waals surface area contributed by atoms with E-state index in [1.807, 2.05) is 23.8 Å². The summed E-state index contributed by atoms with van der Waals surface area (Å²) in [6.07, 6.45) is 1.61. The van der Waals surface area contributed by atoms with Crippen LogP contribution < -0.4 is 10.1 Å². The number of nitrogens with zero attached hydrogens (tertiary/aromatic N) is 3. The predicted octanol–water partition coefficient (Wildman–Crippen LogP) is 1.72. The van der Waals surface area contributed by atoms with Crippen LogP contribution in [0.25, 0.3) is 0 Å². The molecule has 1 aliphatic rings. The van der Waals surface area contributed by atoms with Gasteiger partial charge in [0.05, 0.1) is 6.61 Å². The van der Waals surface area contributed by atoms with Crippen molar-refractivity contribution in [3.05, 3.63) is 34.2 Å². The predicted molar refractivity (Wildman–Crippen MR) is 73.0 cm³/mol. The number of anilines is 1. The largest absolute Gasteiger partial charge is 0.477 e. The van der Waals surface area contributed by atoms with Crippen LogP contribution in [-0.4, -0.2) is 32.4 Å².